The number of aromatic nitrogens is 2. The van der Waals surface area contributed by atoms with Crippen molar-refractivity contribution in [2.75, 3.05) is 13.6 Å². The summed E-state index contributed by atoms with van der Waals surface area (Å²) in [6, 6.07) is 0. The van der Waals surface area contributed by atoms with E-state index < -0.39 is 0 Å². The van der Waals surface area contributed by atoms with Crippen LogP contribution < -0.4 is 5.32 Å². The monoisotopic (exact) mass is 201 g/mol. The van der Waals surface area contributed by atoms with Gasteiger partial charge in [0.15, 0.2) is 5.78 Å². The number of nitrogens with one attached hydrogen (secondary N) is 1. The minimum absolute atomic E-state index is 0.0295. The van der Waals surface area contributed by atoms with Gasteiger partial charge in [-0.3, -0.25) is 9.48 Å². The Kier molecular flexibility index (Phi) is 3.06. The summed E-state index contributed by atoms with van der Waals surface area (Å²) in [5.41, 5.74) is 1.19. The van der Waals surface area contributed by atoms with Gasteiger partial charge in [0.25, 0.3) is 0 Å². The zero-order valence-electron chi connectivity index (χ0n) is 7.89. The molecule has 0 aliphatic carbocycles. The molecule has 1 rings (SSSR count). The minimum atomic E-state index is -0.0295. The molecule has 0 unspecified atom stereocenters. The number of likely N-dealkylation sites (N-methyl/N-ethyl adjacent to an activating group) is 1. The third-order valence-corrected chi connectivity index (χ3v) is 2.20. The summed E-state index contributed by atoms with van der Waals surface area (Å²) in [5.74, 6) is -0.0295. The first-order valence-corrected chi connectivity index (χ1v) is 4.32. The topological polar surface area (TPSA) is 46.9 Å². The fraction of sp³-hybridized carbons (Fsp3) is 0.500. The number of halogens is 1. The van der Waals surface area contributed by atoms with Crippen LogP contribution in [-0.2, 0) is 7.05 Å². The molecule has 13 heavy (non-hydrogen) atoms. The Morgan fingerprint density at radius 3 is 2.69 bits per heavy atom. The Morgan fingerprint density at radius 2 is 2.31 bits per heavy atom. The predicted octanol–water partition coefficient (Wildman–Crippen LogP) is 0.784. The number of aryl methyl sites for hydroxylation is 2. The lowest BCUT2D eigenvalue weighted by molar-refractivity contribution is 0.0993. The van der Waals surface area contributed by atoms with Crippen LogP contribution in [0.5, 0.6) is 0 Å². The molecule has 0 saturated carbocycles. The molecule has 0 saturated heterocycles. The third-order valence-electron chi connectivity index (χ3n) is 1.77. The van der Waals surface area contributed by atoms with Gasteiger partial charge in [0, 0.05) is 7.05 Å². The van der Waals surface area contributed by atoms with E-state index in [1.54, 1.807) is 21.0 Å². The summed E-state index contributed by atoms with van der Waals surface area (Å²) in [5, 5.41) is 7.24. The van der Waals surface area contributed by atoms with Crippen LogP contribution >= 0.6 is 11.6 Å². The van der Waals surface area contributed by atoms with E-state index in [2.05, 4.69) is 10.4 Å². The maximum Gasteiger partial charge on any atom is 0.181 e. The van der Waals surface area contributed by atoms with Crippen molar-refractivity contribution in [2.45, 2.75) is 6.92 Å². The van der Waals surface area contributed by atoms with Gasteiger partial charge in [0.05, 0.1) is 17.8 Å². The fourth-order valence-corrected chi connectivity index (χ4v) is 1.48. The number of carbonyl (C=O) groups is 1. The third kappa shape index (κ3) is 1.89. The summed E-state index contributed by atoms with van der Waals surface area (Å²) >= 11 is 5.90. The molecule has 72 valence electrons. The second kappa shape index (κ2) is 3.89. The highest BCUT2D eigenvalue weighted by Crippen LogP contribution is 2.18. The first-order chi connectivity index (χ1) is 6.07. The maximum absolute atomic E-state index is 11.5. The molecule has 4 nitrogen and oxygen atoms in total. The van der Waals surface area contributed by atoms with E-state index in [0.29, 0.717) is 16.4 Å². The van der Waals surface area contributed by atoms with Crippen molar-refractivity contribution >= 4 is 17.4 Å². The molecule has 0 bridgehead atoms. The van der Waals surface area contributed by atoms with E-state index in [0.717, 1.165) is 0 Å². The van der Waals surface area contributed by atoms with Crippen molar-refractivity contribution in [2.24, 2.45) is 7.05 Å². The van der Waals surface area contributed by atoms with Gasteiger partial charge in [-0.25, -0.2) is 0 Å². The Balaban J connectivity index is 3.06. The zero-order chi connectivity index (χ0) is 10.0. The summed E-state index contributed by atoms with van der Waals surface area (Å²) in [6.07, 6.45) is 0. The lowest BCUT2D eigenvalue weighted by Crippen LogP contribution is -2.19. The second-order valence-electron chi connectivity index (χ2n) is 2.83. The smallest absolute Gasteiger partial charge is 0.181 e. The van der Waals surface area contributed by atoms with E-state index in [4.69, 9.17) is 11.6 Å². The van der Waals surface area contributed by atoms with Crippen LogP contribution in [0, 0.1) is 6.92 Å². The molecule has 0 aromatic carbocycles. The number of ketones is 1. The molecule has 0 radical (unpaired) electrons. The molecule has 0 spiro atoms. The van der Waals surface area contributed by atoms with Crippen molar-refractivity contribution in [3.8, 4) is 0 Å². The molecule has 0 fully saturated rings. The van der Waals surface area contributed by atoms with Crippen molar-refractivity contribution in [1.29, 1.82) is 0 Å². The Bertz CT molecular complexity index is 332. The average Bonchev–Trinajstić information content (AvgIpc) is 2.27. The SMILES string of the molecule is CNCC(=O)c1c(C)nn(C)c1Cl. The van der Waals surface area contributed by atoms with Crippen molar-refractivity contribution in [3.63, 3.8) is 0 Å². The van der Waals surface area contributed by atoms with Gasteiger partial charge in [-0.2, -0.15) is 5.10 Å². The fourth-order valence-electron chi connectivity index (χ4n) is 1.20. The normalized spacial score (nSPS) is 10.5. The summed E-state index contributed by atoms with van der Waals surface area (Å²) in [7, 11) is 3.43. The highest BCUT2D eigenvalue weighted by atomic mass is 35.5. The van der Waals surface area contributed by atoms with Crippen molar-refractivity contribution < 1.29 is 4.79 Å². The van der Waals surface area contributed by atoms with E-state index >= 15 is 0 Å². The Morgan fingerprint density at radius 1 is 1.69 bits per heavy atom. The maximum atomic E-state index is 11.5. The predicted molar refractivity (Wildman–Crippen MR) is 51.2 cm³/mol. The van der Waals surface area contributed by atoms with E-state index in [1.165, 1.54) is 4.68 Å². The molecule has 1 N–H and O–H groups in total. The van der Waals surface area contributed by atoms with Gasteiger partial charge in [-0.15, -0.1) is 0 Å². The lowest BCUT2D eigenvalue weighted by Gasteiger charge is -1.98. The molecule has 0 aliphatic heterocycles. The highest BCUT2D eigenvalue weighted by molar-refractivity contribution is 6.33. The highest BCUT2D eigenvalue weighted by Gasteiger charge is 2.17. The number of rotatable bonds is 3. The molecular formula is C8H12ClN3O. The summed E-state index contributed by atoms with van der Waals surface area (Å²) < 4.78 is 1.50. The van der Waals surface area contributed by atoms with Gasteiger partial charge >= 0.3 is 0 Å². The first-order valence-electron chi connectivity index (χ1n) is 3.94. The van der Waals surface area contributed by atoms with Crippen LogP contribution in [0.4, 0.5) is 0 Å². The summed E-state index contributed by atoms with van der Waals surface area (Å²) in [4.78, 5) is 11.5. The number of Topliss-reactive ketones (excluding diaryl/α,β-unsaturated/α-hetero) is 1. The lowest BCUT2D eigenvalue weighted by atomic mass is 10.2. The molecular weight excluding hydrogens is 190 g/mol. The molecule has 1 aromatic heterocycles. The van der Waals surface area contributed by atoms with Crippen LogP contribution in [0.2, 0.25) is 5.15 Å². The molecule has 5 heteroatoms. The Hall–Kier alpha value is -0.870. The van der Waals surface area contributed by atoms with Gasteiger partial charge in [0.1, 0.15) is 5.15 Å². The first kappa shape index (κ1) is 10.2. The summed E-state index contributed by atoms with van der Waals surface area (Å²) in [6.45, 7) is 2.06. The van der Waals surface area contributed by atoms with Crippen molar-refractivity contribution in [1.82, 2.24) is 15.1 Å². The minimum Gasteiger partial charge on any atom is -0.313 e. The van der Waals surface area contributed by atoms with Crippen LogP contribution in [0.1, 0.15) is 16.1 Å². The van der Waals surface area contributed by atoms with Gasteiger partial charge < -0.3 is 5.32 Å². The molecule has 0 aliphatic rings. The van der Waals surface area contributed by atoms with Crippen LogP contribution in [0.25, 0.3) is 0 Å². The number of hydrogen-bond acceptors (Lipinski definition) is 3. The van der Waals surface area contributed by atoms with Crippen LogP contribution in [0.15, 0.2) is 0 Å². The van der Waals surface area contributed by atoms with Gasteiger partial charge in [0.2, 0.25) is 0 Å². The van der Waals surface area contributed by atoms with Gasteiger partial charge in [-0.1, -0.05) is 11.6 Å². The van der Waals surface area contributed by atoms with E-state index in [9.17, 15) is 4.79 Å². The standard InChI is InChI=1S/C8H12ClN3O/c1-5-7(6(13)4-10-2)8(9)12(3)11-5/h10H,4H2,1-3H3. The van der Waals surface area contributed by atoms with Crippen LogP contribution in [-0.4, -0.2) is 29.2 Å². The molecule has 1 aromatic rings. The number of nitrogens with zero attached hydrogens (tertiary/aromatic N) is 2. The van der Waals surface area contributed by atoms with E-state index in [1.807, 2.05) is 0 Å². The Labute approximate surface area is 81.9 Å². The molecule has 0 atom stereocenters. The zero-order valence-corrected chi connectivity index (χ0v) is 8.64. The molecule has 0 amide bonds. The molecule has 1 heterocycles. The second-order valence-corrected chi connectivity index (χ2v) is 3.19. The van der Waals surface area contributed by atoms with E-state index in [-0.39, 0.29) is 12.3 Å². The number of hydrogen-bond donors (Lipinski definition) is 1. The van der Waals surface area contributed by atoms with Crippen LogP contribution in [0.3, 0.4) is 0 Å². The largest absolute Gasteiger partial charge is 0.313 e. The quantitative estimate of drug-likeness (QED) is 0.736. The average molecular weight is 202 g/mol. The number of carbonyl (C=O) groups excluding carboxylic acids is 1. The van der Waals surface area contributed by atoms with Crippen molar-refractivity contribution in [3.05, 3.63) is 16.4 Å². The van der Waals surface area contributed by atoms with Gasteiger partial charge in [-0.05, 0) is 14.0 Å².